The monoisotopic (exact) mass is 391 g/mol. The van der Waals surface area contributed by atoms with Gasteiger partial charge in [0.25, 0.3) is 0 Å². The van der Waals surface area contributed by atoms with Gasteiger partial charge in [0.15, 0.2) is 5.82 Å². The van der Waals surface area contributed by atoms with E-state index in [1.54, 1.807) is 6.20 Å². The summed E-state index contributed by atoms with van der Waals surface area (Å²) in [6, 6.07) is 9.98. The van der Waals surface area contributed by atoms with E-state index in [-0.39, 0.29) is 0 Å². The summed E-state index contributed by atoms with van der Waals surface area (Å²) in [5, 5.41) is 7.48. The molecule has 0 amide bonds. The van der Waals surface area contributed by atoms with Crippen LogP contribution < -0.4 is 5.32 Å². The van der Waals surface area contributed by atoms with Crippen molar-refractivity contribution in [2.24, 2.45) is 0 Å². The molecule has 5 nitrogen and oxygen atoms in total. The maximum absolute atomic E-state index is 4.55. The molecule has 0 atom stereocenters. The van der Waals surface area contributed by atoms with Crippen LogP contribution in [0.15, 0.2) is 42.7 Å². The molecule has 0 aliphatic rings. The summed E-state index contributed by atoms with van der Waals surface area (Å²) in [6.45, 7) is 1.98. The topological polar surface area (TPSA) is 55.6 Å². The second kappa shape index (κ2) is 5.80. The molecule has 0 bridgehead atoms. The predicted molar refractivity (Wildman–Crippen MR) is 91.6 cm³/mol. The molecule has 21 heavy (non-hydrogen) atoms. The van der Waals surface area contributed by atoms with Crippen LogP contribution in [-0.4, -0.2) is 26.8 Å². The number of aromatic nitrogens is 4. The van der Waals surface area contributed by atoms with Gasteiger partial charge in [-0.1, -0.05) is 18.2 Å². The molecule has 2 aromatic heterocycles. The molecule has 6 heteroatoms. The highest BCUT2D eigenvalue weighted by molar-refractivity contribution is 14.1. The van der Waals surface area contributed by atoms with Gasteiger partial charge >= 0.3 is 0 Å². The van der Waals surface area contributed by atoms with E-state index >= 15 is 0 Å². The third-order valence-electron chi connectivity index (χ3n) is 3.12. The highest BCUT2D eigenvalue weighted by Crippen LogP contribution is 2.23. The minimum atomic E-state index is 0.680. The zero-order valence-corrected chi connectivity index (χ0v) is 13.9. The highest BCUT2D eigenvalue weighted by Gasteiger charge is 2.11. The minimum absolute atomic E-state index is 0.680. The van der Waals surface area contributed by atoms with E-state index < -0.39 is 0 Å². The summed E-state index contributed by atoms with van der Waals surface area (Å²) in [4.78, 5) is 9.09. The Labute approximate surface area is 136 Å². The normalized spacial score (nSPS) is 10.6. The molecule has 1 N–H and O–H groups in total. The lowest BCUT2D eigenvalue weighted by atomic mass is 10.3. The molecule has 0 radical (unpaired) electrons. The van der Waals surface area contributed by atoms with Crippen molar-refractivity contribution in [3.8, 4) is 17.1 Å². The summed E-state index contributed by atoms with van der Waals surface area (Å²) in [7, 11) is 1.86. The first-order chi connectivity index (χ1) is 10.2. The maximum Gasteiger partial charge on any atom is 0.165 e. The molecule has 106 valence electrons. The van der Waals surface area contributed by atoms with Gasteiger partial charge in [-0.15, -0.1) is 0 Å². The number of nitrogens with zero attached hydrogens (tertiary/aromatic N) is 4. The van der Waals surface area contributed by atoms with Gasteiger partial charge in [0.05, 0.1) is 26.7 Å². The highest BCUT2D eigenvalue weighted by atomic mass is 127. The first-order valence-corrected chi connectivity index (χ1v) is 7.59. The fourth-order valence-electron chi connectivity index (χ4n) is 2.01. The first-order valence-electron chi connectivity index (χ1n) is 6.51. The molecule has 0 aliphatic carbocycles. The lowest BCUT2D eigenvalue weighted by Crippen LogP contribution is -2.02. The average molecular weight is 391 g/mol. The fraction of sp³-hybridized carbons (Fsp3) is 0.133. The number of hydrogen-bond acceptors (Lipinski definition) is 4. The molecule has 0 aliphatic heterocycles. The number of hydrogen-bond donors (Lipinski definition) is 1. The van der Waals surface area contributed by atoms with Crippen LogP contribution >= 0.6 is 22.6 Å². The lowest BCUT2D eigenvalue weighted by Gasteiger charge is -2.07. The van der Waals surface area contributed by atoms with Crippen molar-refractivity contribution in [1.29, 1.82) is 0 Å². The van der Waals surface area contributed by atoms with E-state index in [9.17, 15) is 0 Å². The quantitative estimate of drug-likeness (QED) is 0.697. The molecule has 0 saturated heterocycles. The number of rotatable bonds is 3. The average Bonchev–Trinajstić information content (AvgIpc) is 3.00. The van der Waals surface area contributed by atoms with E-state index in [4.69, 9.17) is 0 Å². The number of nitrogens with one attached hydrogen (secondary N) is 1. The second-order valence-electron chi connectivity index (χ2n) is 4.55. The molecular weight excluding hydrogens is 377 g/mol. The van der Waals surface area contributed by atoms with Crippen LogP contribution in [0.1, 0.15) is 5.69 Å². The van der Waals surface area contributed by atoms with Gasteiger partial charge in [0.2, 0.25) is 0 Å². The zero-order valence-electron chi connectivity index (χ0n) is 11.7. The largest absolute Gasteiger partial charge is 0.372 e. The van der Waals surface area contributed by atoms with E-state index in [1.807, 2.05) is 55.2 Å². The molecular formula is C15H14IN5. The van der Waals surface area contributed by atoms with Crippen molar-refractivity contribution < 1.29 is 0 Å². The van der Waals surface area contributed by atoms with Gasteiger partial charge in [0, 0.05) is 13.2 Å². The smallest absolute Gasteiger partial charge is 0.165 e. The second-order valence-corrected chi connectivity index (χ2v) is 5.63. The molecule has 0 unspecified atom stereocenters. The zero-order chi connectivity index (χ0) is 14.8. The maximum atomic E-state index is 4.55. The van der Waals surface area contributed by atoms with Crippen molar-refractivity contribution in [2.75, 3.05) is 12.4 Å². The van der Waals surface area contributed by atoms with Gasteiger partial charge < -0.3 is 5.32 Å². The Hall–Kier alpha value is -1.96. The Balaban J connectivity index is 2.03. The van der Waals surface area contributed by atoms with Crippen molar-refractivity contribution in [3.63, 3.8) is 0 Å². The van der Waals surface area contributed by atoms with Gasteiger partial charge in [-0.2, -0.15) is 5.10 Å². The Kier molecular flexibility index (Phi) is 3.87. The summed E-state index contributed by atoms with van der Waals surface area (Å²) in [5.74, 6) is 1.52. The van der Waals surface area contributed by atoms with Gasteiger partial charge in [-0.25, -0.2) is 14.6 Å². The third-order valence-corrected chi connectivity index (χ3v) is 4.41. The molecule has 0 saturated carbocycles. The van der Waals surface area contributed by atoms with E-state index in [2.05, 4.69) is 43.0 Å². The number of halogens is 1. The Morgan fingerprint density at radius 1 is 1.14 bits per heavy atom. The third kappa shape index (κ3) is 2.76. The lowest BCUT2D eigenvalue weighted by molar-refractivity contribution is 0.880. The number of para-hydroxylation sites is 1. The van der Waals surface area contributed by atoms with Crippen LogP contribution in [0.3, 0.4) is 0 Å². The Morgan fingerprint density at radius 2 is 1.90 bits per heavy atom. The molecule has 2 heterocycles. The molecule has 1 aromatic carbocycles. The standard InChI is InChI=1S/C15H14IN5/c1-10-13(16)15(17-2)20-14(19-10)11-8-18-21(9-11)12-6-4-3-5-7-12/h3-9H,1-2H3,(H,17,19,20). The van der Waals surface area contributed by atoms with Crippen molar-refractivity contribution in [3.05, 3.63) is 52.0 Å². The minimum Gasteiger partial charge on any atom is -0.372 e. The SMILES string of the molecule is CNc1nc(-c2cnn(-c3ccccc3)c2)nc(C)c1I. The fourth-order valence-corrected chi connectivity index (χ4v) is 2.53. The van der Waals surface area contributed by atoms with Crippen LogP contribution in [0.4, 0.5) is 5.82 Å². The summed E-state index contributed by atoms with van der Waals surface area (Å²) in [5.41, 5.74) is 2.87. The summed E-state index contributed by atoms with van der Waals surface area (Å²) in [6.07, 6.45) is 3.73. The Bertz CT molecular complexity index is 767. The van der Waals surface area contributed by atoms with Crippen molar-refractivity contribution in [2.45, 2.75) is 6.92 Å². The van der Waals surface area contributed by atoms with Crippen LogP contribution in [0, 0.1) is 10.5 Å². The van der Waals surface area contributed by atoms with Crippen LogP contribution in [0.5, 0.6) is 0 Å². The molecule has 3 rings (SSSR count). The van der Waals surface area contributed by atoms with Gasteiger partial charge in [0.1, 0.15) is 5.82 Å². The first kappa shape index (κ1) is 14.0. The molecule has 3 aromatic rings. The van der Waals surface area contributed by atoms with Crippen LogP contribution in [0.25, 0.3) is 17.1 Å². The summed E-state index contributed by atoms with van der Waals surface area (Å²) >= 11 is 2.25. The van der Waals surface area contributed by atoms with Crippen molar-refractivity contribution in [1.82, 2.24) is 19.7 Å². The van der Waals surface area contributed by atoms with E-state index in [0.717, 1.165) is 26.3 Å². The van der Waals surface area contributed by atoms with E-state index in [0.29, 0.717) is 5.82 Å². The van der Waals surface area contributed by atoms with E-state index in [1.165, 1.54) is 0 Å². The molecule has 0 spiro atoms. The Morgan fingerprint density at radius 3 is 2.62 bits per heavy atom. The van der Waals surface area contributed by atoms with Gasteiger partial charge in [-0.05, 0) is 41.6 Å². The van der Waals surface area contributed by atoms with Crippen LogP contribution in [-0.2, 0) is 0 Å². The number of aryl methyl sites for hydroxylation is 1. The summed E-state index contributed by atoms with van der Waals surface area (Å²) < 4.78 is 2.86. The van der Waals surface area contributed by atoms with Crippen LogP contribution in [0.2, 0.25) is 0 Å². The van der Waals surface area contributed by atoms with Crippen molar-refractivity contribution >= 4 is 28.4 Å². The molecule has 0 fully saturated rings. The number of benzene rings is 1. The van der Waals surface area contributed by atoms with Gasteiger partial charge in [-0.3, -0.25) is 0 Å². The predicted octanol–water partition coefficient (Wildman–Crippen LogP) is 3.28. The number of anilines is 1.